The van der Waals surface area contributed by atoms with Crippen LogP contribution in [0.4, 0.5) is 5.13 Å². The first-order valence-electron chi connectivity index (χ1n) is 9.28. The third-order valence-electron chi connectivity index (χ3n) is 4.23. The van der Waals surface area contributed by atoms with Crippen molar-refractivity contribution in [1.82, 2.24) is 4.98 Å². The zero-order chi connectivity index (χ0) is 19.2. The maximum atomic E-state index is 13.2. The summed E-state index contributed by atoms with van der Waals surface area (Å²) in [5.74, 6) is 1.05. The first-order chi connectivity index (χ1) is 13.1. The van der Waals surface area contributed by atoms with Gasteiger partial charge in [0.2, 0.25) is 0 Å². The van der Waals surface area contributed by atoms with E-state index in [1.165, 1.54) is 9.80 Å². The van der Waals surface area contributed by atoms with Crippen molar-refractivity contribution in [3.8, 4) is 0 Å². The molecule has 0 saturated heterocycles. The Morgan fingerprint density at radius 1 is 1.15 bits per heavy atom. The maximum absolute atomic E-state index is 13.2. The number of rotatable bonds is 8. The van der Waals surface area contributed by atoms with Crippen molar-refractivity contribution in [1.29, 1.82) is 0 Å². The Bertz CT molecular complexity index is 857. The van der Waals surface area contributed by atoms with Gasteiger partial charge in [-0.05, 0) is 42.2 Å². The molecule has 0 fully saturated rings. The Morgan fingerprint density at radius 3 is 2.56 bits per heavy atom. The lowest BCUT2D eigenvalue weighted by Crippen LogP contribution is -3.05. The summed E-state index contributed by atoms with van der Waals surface area (Å²) in [7, 11) is 4.27. The standard InChI is InChI=1S/C21H25N3OS2/c1-4-26-17-12-10-16(11-13-17)20(25)24(15-7-14-23(2)3)21-22-18-8-5-6-9-19(18)27-21/h5-6,8-13H,4,7,14-15H2,1-3H3/p+1. The number of thioether (sulfide) groups is 1. The lowest BCUT2D eigenvalue weighted by molar-refractivity contribution is -0.858. The number of aromatic nitrogens is 1. The number of anilines is 1. The van der Waals surface area contributed by atoms with E-state index in [4.69, 9.17) is 4.98 Å². The number of thiazole rings is 1. The second-order valence-electron chi connectivity index (χ2n) is 6.69. The average Bonchev–Trinajstić information content (AvgIpc) is 3.09. The van der Waals surface area contributed by atoms with Gasteiger partial charge in [-0.1, -0.05) is 30.4 Å². The van der Waals surface area contributed by atoms with Crippen LogP contribution in [0.2, 0.25) is 0 Å². The largest absolute Gasteiger partial charge is 0.340 e. The number of carbonyl (C=O) groups excluding carboxylic acids is 1. The van der Waals surface area contributed by atoms with Crippen molar-refractivity contribution in [2.24, 2.45) is 0 Å². The average molecular weight is 401 g/mol. The van der Waals surface area contributed by atoms with E-state index in [9.17, 15) is 4.79 Å². The van der Waals surface area contributed by atoms with Crippen LogP contribution in [0.3, 0.4) is 0 Å². The molecule has 1 aromatic heterocycles. The number of fused-ring (bicyclic) bond motifs is 1. The van der Waals surface area contributed by atoms with Gasteiger partial charge in [0.25, 0.3) is 5.91 Å². The summed E-state index contributed by atoms with van der Waals surface area (Å²) in [6, 6.07) is 16.0. The third kappa shape index (κ3) is 5.09. The molecular formula is C21H26N3OS2+. The number of hydrogen-bond donors (Lipinski definition) is 1. The van der Waals surface area contributed by atoms with Gasteiger partial charge in [0, 0.05) is 23.4 Å². The Morgan fingerprint density at radius 2 is 1.89 bits per heavy atom. The molecule has 27 heavy (non-hydrogen) atoms. The van der Waals surface area contributed by atoms with Crippen LogP contribution in [-0.4, -0.2) is 43.8 Å². The highest BCUT2D eigenvalue weighted by molar-refractivity contribution is 7.99. The highest BCUT2D eigenvalue weighted by Gasteiger charge is 2.21. The van der Waals surface area contributed by atoms with Crippen molar-refractivity contribution in [3.05, 3.63) is 54.1 Å². The van der Waals surface area contributed by atoms with Crippen LogP contribution in [0, 0.1) is 0 Å². The van der Waals surface area contributed by atoms with Crippen LogP contribution < -0.4 is 9.80 Å². The smallest absolute Gasteiger partial charge is 0.260 e. The summed E-state index contributed by atoms with van der Waals surface area (Å²) >= 11 is 3.36. The lowest BCUT2D eigenvalue weighted by Gasteiger charge is -2.20. The fourth-order valence-corrected chi connectivity index (χ4v) is 4.52. The molecule has 1 amide bonds. The summed E-state index contributed by atoms with van der Waals surface area (Å²) in [5.41, 5.74) is 1.66. The second-order valence-corrected chi connectivity index (χ2v) is 9.04. The normalized spacial score (nSPS) is 11.3. The van der Waals surface area contributed by atoms with Crippen molar-refractivity contribution in [2.45, 2.75) is 18.2 Å². The van der Waals surface area contributed by atoms with E-state index in [0.717, 1.165) is 34.1 Å². The minimum absolute atomic E-state index is 0.0239. The van der Waals surface area contributed by atoms with Crippen LogP contribution in [0.25, 0.3) is 10.2 Å². The molecule has 142 valence electrons. The molecule has 0 saturated carbocycles. The molecule has 3 rings (SSSR count). The predicted molar refractivity (Wildman–Crippen MR) is 116 cm³/mol. The van der Waals surface area contributed by atoms with E-state index in [-0.39, 0.29) is 5.91 Å². The molecule has 3 aromatic rings. The zero-order valence-electron chi connectivity index (χ0n) is 16.1. The number of carbonyl (C=O) groups is 1. The van der Waals surface area contributed by atoms with E-state index in [2.05, 4.69) is 27.1 Å². The van der Waals surface area contributed by atoms with Gasteiger partial charge in [-0.25, -0.2) is 4.98 Å². The third-order valence-corrected chi connectivity index (χ3v) is 6.18. The quantitative estimate of drug-likeness (QED) is 0.587. The number of nitrogens with zero attached hydrogens (tertiary/aromatic N) is 2. The van der Waals surface area contributed by atoms with E-state index in [0.29, 0.717) is 12.1 Å². The molecule has 0 unspecified atom stereocenters. The maximum Gasteiger partial charge on any atom is 0.260 e. The molecule has 6 heteroatoms. The van der Waals surface area contributed by atoms with E-state index >= 15 is 0 Å². The summed E-state index contributed by atoms with van der Waals surface area (Å²) in [6.07, 6.45) is 0.938. The van der Waals surface area contributed by atoms with Gasteiger partial charge in [0.15, 0.2) is 5.13 Å². The number of amides is 1. The van der Waals surface area contributed by atoms with E-state index < -0.39 is 0 Å². The number of hydrogen-bond acceptors (Lipinski definition) is 4. The van der Waals surface area contributed by atoms with E-state index in [1.807, 2.05) is 47.4 Å². The number of nitrogens with one attached hydrogen (secondary N) is 1. The highest BCUT2D eigenvalue weighted by Crippen LogP contribution is 2.30. The van der Waals surface area contributed by atoms with Gasteiger partial charge in [-0.2, -0.15) is 0 Å². The molecule has 0 aliphatic rings. The fourth-order valence-electron chi connectivity index (χ4n) is 2.87. The van der Waals surface area contributed by atoms with Crippen molar-refractivity contribution in [3.63, 3.8) is 0 Å². The molecule has 0 radical (unpaired) electrons. The molecule has 4 nitrogen and oxygen atoms in total. The van der Waals surface area contributed by atoms with Gasteiger partial charge in [0.05, 0.1) is 30.9 Å². The SMILES string of the molecule is CCSc1ccc(C(=O)N(CCC[NH+](C)C)c2nc3ccccc3s2)cc1. The monoisotopic (exact) mass is 400 g/mol. The van der Waals surface area contributed by atoms with Crippen LogP contribution in [-0.2, 0) is 0 Å². The number of benzene rings is 2. The molecular weight excluding hydrogens is 374 g/mol. The minimum atomic E-state index is 0.0239. The van der Waals surface area contributed by atoms with Gasteiger partial charge in [-0.15, -0.1) is 11.8 Å². The Labute approximate surface area is 169 Å². The van der Waals surface area contributed by atoms with Gasteiger partial charge < -0.3 is 4.90 Å². The summed E-state index contributed by atoms with van der Waals surface area (Å²) in [5, 5.41) is 0.780. The Balaban J connectivity index is 1.87. The van der Waals surface area contributed by atoms with Gasteiger partial charge in [0.1, 0.15) is 0 Å². The van der Waals surface area contributed by atoms with Crippen molar-refractivity contribution < 1.29 is 9.69 Å². The van der Waals surface area contributed by atoms with Gasteiger partial charge >= 0.3 is 0 Å². The minimum Gasteiger partial charge on any atom is -0.340 e. The molecule has 0 aliphatic heterocycles. The topological polar surface area (TPSA) is 37.6 Å². The van der Waals surface area contributed by atoms with Crippen LogP contribution in [0.1, 0.15) is 23.7 Å². The molecule has 0 atom stereocenters. The second kappa shape index (κ2) is 9.35. The molecule has 2 aromatic carbocycles. The van der Waals surface area contributed by atoms with Crippen LogP contribution in [0.5, 0.6) is 0 Å². The predicted octanol–water partition coefficient (Wildman–Crippen LogP) is 3.59. The first kappa shape index (κ1) is 19.9. The van der Waals surface area contributed by atoms with Crippen molar-refractivity contribution >= 4 is 44.4 Å². The Hall–Kier alpha value is -1.89. The first-order valence-corrected chi connectivity index (χ1v) is 11.1. The number of para-hydroxylation sites is 1. The zero-order valence-corrected chi connectivity index (χ0v) is 17.7. The molecule has 1 heterocycles. The molecule has 0 aliphatic carbocycles. The molecule has 1 N–H and O–H groups in total. The molecule has 0 bridgehead atoms. The number of quaternary nitrogens is 1. The summed E-state index contributed by atoms with van der Waals surface area (Å²) < 4.78 is 1.11. The highest BCUT2D eigenvalue weighted by atomic mass is 32.2. The Kier molecular flexibility index (Phi) is 6.88. The van der Waals surface area contributed by atoms with Crippen LogP contribution >= 0.6 is 23.1 Å². The fraction of sp³-hybridized carbons (Fsp3) is 0.333. The summed E-state index contributed by atoms with van der Waals surface area (Å²) in [4.78, 5) is 22.4. The van der Waals surface area contributed by atoms with Crippen molar-refractivity contribution in [2.75, 3.05) is 37.8 Å². The summed E-state index contributed by atoms with van der Waals surface area (Å²) in [6.45, 7) is 3.82. The molecule has 0 spiro atoms. The van der Waals surface area contributed by atoms with Crippen LogP contribution in [0.15, 0.2) is 53.4 Å². The van der Waals surface area contributed by atoms with Gasteiger partial charge in [-0.3, -0.25) is 9.69 Å². The van der Waals surface area contributed by atoms with E-state index in [1.54, 1.807) is 23.1 Å². The lowest BCUT2D eigenvalue weighted by atomic mass is 10.2.